The zero-order valence-electron chi connectivity index (χ0n) is 4.40. The smallest absolute Gasteiger partial charge is 0.137 e. The molecule has 0 aliphatic heterocycles. The molecule has 0 fully saturated rings. The first-order chi connectivity index (χ1) is 3.41. The van der Waals surface area contributed by atoms with Gasteiger partial charge in [-0.3, -0.25) is 0 Å². The van der Waals surface area contributed by atoms with E-state index in [1.807, 2.05) is 6.92 Å². The van der Waals surface area contributed by atoms with Crippen molar-refractivity contribution in [3.05, 3.63) is 0 Å². The van der Waals surface area contributed by atoms with Crippen LogP contribution in [0.4, 0.5) is 0 Å². The maximum atomic E-state index is 4.60. The molecule has 2 heteroatoms. The van der Waals surface area contributed by atoms with E-state index in [1.54, 1.807) is 0 Å². The van der Waals surface area contributed by atoms with Crippen molar-refractivity contribution >= 4 is 0 Å². The van der Waals surface area contributed by atoms with Crippen LogP contribution in [0.1, 0.15) is 19.8 Å². The molecule has 0 saturated heterocycles. The second-order valence-electron chi connectivity index (χ2n) is 1.15. The average molecular weight is 99.1 g/mol. The monoisotopic (exact) mass is 99.1 g/mol. The summed E-state index contributed by atoms with van der Waals surface area (Å²) < 4.78 is 0. The van der Waals surface area contributed by atoms with Gasteiger partial charge in [0.25, 0.3) is 0 Å². The summed E-state index contributed by atoms with van der Waals surface area (Å²) in [5.74, 6) is 7.28. The molecule has 0 bridgehead atoms. The molecule has 0 aliphatic rings. The largest absolute Gasteiger partial charge is 0.359 e. The normalized spacial score (nSPS) is 6.57. The predicted molar refractivity (Wildman–Crippen MR) is 28.0 cm³/mol. The summed E-state index contributed by atoms with van der Waals surface area (Å²) in [5.41, 5.74) is 0. The van der Waals surface area contributed by atoms with Gasteiger partial charge in [0.05, 0.1) is 0 Å². The first-order valence-electron chi connectivity index (χ1n) is 2.25. The third-order valence-corrected chi connectivity index (χ3v) is 0.506. The molecule has 2 nitrogen and oxygen atoms in total. The summed E-state index contributed by atoms with van der Waals surface area (Å²) in [6.07, 6.45) is 4.19. The maximum absolute atomic E-state index is 4.60. The lowest BCUT2D eigenvalue weighted by molar-refractivity contribution is 0.291. The van der Waals surface area contributed by atoms with E-state index in [0.29, 0.717) is 0 Å². The molecule has 40 valence electrons. The molecule has 2 N–H and O–H groups in total. The highest BCUT2D eigenvalue weighted by molar-refractivity contribution is 4.89. The molecule has 0 spiro atoms. The van der Waals surface area contributed by atoms with Crippen LogP contribution in [0.3, 0.4) is 0 Å². The van der Waals surface area contributed by atoms with Crippen molar-refractivity contribution in [2.75, 3.05) is 0 Å². The molecule has 0 unspecified atom stereocenters. The second kappa shape index (κ2) is 5.32. The molecule has 0 atom stereocenters. The Morgan fingerprint density at radius 3 is 2.86 bits per heavy atom. The molecule has 0 rings (SSSR count). The van der Waals surface area contributed by atoms with E-state index in [-0.39, 0.29) is 0 Å². The lowest BCUT2D eigenvalue weighted by Crippen LogP contribution is -1.87. The van der Waals surface area contributed by atoms with Crippen LogP contribution in [0, 0.1) is 12.0 Å². The summed E-state index contributed by atoms with van der Waals surface area (Å²) in [4.78, 5) is 3.98. The fraction of sp³-hybridized carbons (Fsp3) is 0.600. The Morgan fingerprint density at radius 1 is 1.71 bits per heavy atom. The van der Waals surface area contributed by atoms with Gasteiger partial charge in [0, 0.05) is 6.42 Å². The van der Waals surface area contributed by atoms with Gasteiger partial charge in [-0.25, -0.2) is 0 Å². The molecular formula is C5H9NO. The van der Waals surface area contributed by atoms with E-state index < -0.39 is 0 Å². The number of hydrogen-bond acceptors (Lipinski definition) is 2. The lowest BCUT2D eigenvalue weighted by atomic mass is 10.4. The van der Waals surface area contributed by atoms with Crippen molar-refractivity contribution in [3.8, 4) is 12.0 Å². The zero-order valence-corrected chi connectivity index (χ0v) is 4.40. The van der Waals surface area contributed by atoms with E-state index in [2.05, 4.69) is 22.8 Å². The Morgan fingerprint density at radius 2 is 2.43 bits per heavy atom. The second-order valence-corrected chi connectivity index (χ2v) is 1.15. The van der Waals surface area contributed by atoms with E-state index in [1.165, 1.54) is 0 Å². The summed E-state index contributed by atoms with van der Waals surface area (Å²) in [5, 5.41) is 0. The van der Waals surface area contributed by atoms with Crippen LogP contribution in [0.2, 0.25) is 0 Å². The van der Waals surface area contributed by atoms with E-state index in [9.17, 15) is 0 Å². The van der Waals surface area contributed by atoms with Crippen molar-refractivity contribution < 1.29 is 4.84 Å². The van der Waals surface area contributed by atoms with Gasteiger partial charge in [0.1, 0.15) is 6.11 Å². The minimum Gasteiger partial charge on any atom is -0.359 e. The van der Waals surface area contributed by atoms with E-state index >= 15 is 0 Å². The highest BCUT2D eigenvalue weighted by Crippen LogP contribution is 1.79. The minimum absolute atomic E-state index is 0.858. The van der Waals surface area contributed by atoms with Gasteiger partial charge < -0.3 is 4.84 Å². The van der Waals surface area contributed by atoms with Crippen molar-refractivity contribution in [1.82, 2.24) is 0 Å². The molecule has 0 heterocycles. The van der Waals surface area contributed by atoms with Gasteiger partial charge >= 0.3 is 0 Å². The Kier molecular flexibility index (Phi) is 4.80. The molecule has 0 aliphatic carbocycles. The highest BCUT2D eigenvalue weighted by Gasteiger charge is 1.66. The molecule has 0 aromatic carbocycles. The first kappa shape index (κ1) is 6.32. The van der Waals surface area contributed by atoms with Gasteiger partial charge in [-0.05, 0) is 6.42 Å². The summed E-state index contributed by atoms with van der Waals surface area (Å²) >= 11 is 0. The zero-order chi connectivity index (χ0) is 5.54. The number of nitrogens with two attached hydrogens (primary N) is 1. The highest BCUT2D eigenvalue weighted by atomic mass is 16.6. The molecular weight excluding hydrogens is 90.1 g/mol. The van der Waals surface area contributed by atoms with E-state index in [4.69, 9.17) is 0 Å². The summed E-state index contributed by atoms with van der Waals surface area (Å²) in [6, 6.07) is 0. The van der Waals surface area contributed by atoms with Gasteiger partial charge in [0.15, 0.2) is 0 Å². The van der Waals surface area contributed by atoms with Crippen LogP contribution >= 0.6 is 0 Å². The van der Waals surface area contributed by atoms with Crippen LogP contribution < -0.4 is 5.90 Å². The molecule has 0 radical (unpaired) electrons. The standard InChI is InChI=1S/C5H9NO/c1-2-3-4-5-7-6/h2-3,6H2,1H3. The maximum Gasteiger partial charge on any atom is 0.137 e. The minimum atomic E-state index is 0.858. The number of unbranched alkanes of at least 4 members (excludes halogenated alkanes) is 1. The van der Waals surface area contributed by atoms with Crippen LogP contribution in [0.5, 0.6) is 0 Å². The van der Waals surface area contributed by atoms with Gasteiger partial charge in [-0.2, -0.15) is 5.90 Å². The van der Waals surface area contributed by atoms with Crippen LogP contribution in [-0.4, -0.2) is 0 Å². The van der Waals surface area contributed by atoms with E-state index in [0.717, 1.165) is 12.8 Å². The fourth-order valence-corrected chi connectivity index (χ4v) is 0.218. The van der Waals surface area contributed by atoms with Crippen LogP contribution in [0.15, 0.2) is 0 Å². The third kappa shape index (κ3) is 5.32. The van der Waals surface area contributed by atoms with Crippen LogP contribution in [0.25, 0.3) is 0 Å². The molecule has 0 aromatic rings. The first-order valence-corrected chi connectivity index (χ1v) is 2.25. The lowest BCUT2D eigenvalue weighted by Gasteiger charge is -1.76. The summed E-state index contributed by atoms with van der Waals surface area (Å²) in [6.45, 7) is 2.05. The summed E-state index contributed by atoms with van der Waals surface area (Å²) in [7, 11) is 0. The number of hydrogen-bond donors (Lipinski definition) is 1. The Hall–Kier alpha value is -0.680. The van der Waals surface area contributed by atoms with Gasteiger partial charge in [-0.1, -0.05) is 12.8 Å². The van der Waals surface area contributed by atoms with Crippen LogP contribution in [-0.2, 0) is 4.84 Å². The Balaban J connectivity index is 2.91. The van der Waals surface area contributed by atoms with Gasteiger partial charge in [0.2, 0.25) is 0 Å². The molecule has 0 amide bonds. The predicted octanol–water partition coefficient (Wildman–Crippen LogP) is 0.638. The SMILES string of the molecule is CCCC#CON. The van der Waals surface area contributed by atoms with Crippen molar-refractivity contribution in [3.63, 3.8) is 0 Å². The topological polar surface area (TPSA) is 35.2 Å². The molecule has 0 aromatic heterocycles. The third-order valence-electron chi connectivity index (χ3n) is 0.506. The molecule has 7 heavy (non-hydrogen) atoms. The Bertz CT molecular complexity index is 79.8. The van der Waals surface area contributed by atoms with Crippen molar-refractivity contribution in [2.24, 2.45) is 5.90 Å². The Labute approximate surface area is 43.6 Å². The quantitative estimate of drug-likeness (QED) is 0.386. The number of rotatable bonds is 1. The average Bonchev–Trinajstić information content (AvgIpc) is 1.69. The van der Waals surface area contributed by atoms with Gasteiger partial charge in [-0.15, -0.1) is 0 Å². The van der Waals surface area contributed by atoms with Crippen molar-refractivity contribution in [2.45, 2.75) is 19.8 Å². The molecule has 0 saturated carbocycles. The fourth-order valence-electron chi connectivity index (χ4n) is 0.218. The van der Waals surface area contributed by atoms with Crippen molar-refractivity contribution in [1.29, 1.82) is 0 Å².